The third kappa shape index (κ3) is 5.43. The molecule has 1 heterocycles. The van der Waals surface area contributed by atoms with Crippen LogP contribution in [0.5, 0.6) is 0 Å². The topological polar surface area (TPSA) is 78.1 Å². The first-order chi connectivity index (χ1) is 15.6. The Morgan fingerprint density at radius 3 is 2.53 bits per heavy atom. The molecule has 0 radical (unpaired) electrons. The van der Waals surface area contributed by atoms with Crippen LogP contribution in [0.25, 0.3) is 10.9 Å². The molecule has 4 aromatic rings. The van der Waals surface area contributed by atoms with Crippen molar-refractivity contribution in [2.45, 2.75) is 23.3 Å². The van der Waals surface area contributed by atoms with Gasteiger partial charge in [-0.05, 0) is 42.9 Å². The molecule has 2 N–H and O–H groups in total. The molecule has 0 saturated heterocycles. The predicted octanol–water partition coefficient (Wildman–Crippen LogP) is 4.53. The summed E-state index contributed by atoms with van der Waals surface area (Å²) in [5.74, 6) is 0.430. The van der Waals surface area contributed by atoms with E-state index in [9.17, 15) is 9.59 Å². The zero-order chi connectivity index (χ0) is 22.3. The third-order valence-electron chi connectivity index (χ3n) is 4.98. The minimum absolute atomic E-state index is 0.115. The molecule has 1 aromatic heterocycles. The number of fused-ring (bicyclic) bond motifs is 1. The molecule has 0 aliphatic rings. The largest absolute Gasteiger partial charge is 0.324 e. The fourth-order valence-corrected chi connectivity index (χ4v) is 4.29. The minimum Gasteiger partial charge on any atom is -0.324 e. The van der Waals surface area contributed by atoms with Gasteiger partial charge in [0, 0.05) is 9.79 Å². The highest BCUT2D eigenvalue weighted by atomic mass is 32.2. The second-order valence-corrected chi connectivity index (χ2v) is 8.41. The summed E-state index contributed by atoms with van der Waals surface area (Å²) < 4.78 is 0. The Bertz CT molecular complexity index is 1270. The fraction of sp³-hybridized carbons (Fsp3) is 0.160. The SMILES string of the molecule is CCN(CC(=O)Nc1ccccc1Sc1ccccc1)Cc1nc2ccccc2c(=O)[nH]1. The van der Waals surface area contributed by atoms with Crippen molar-refractivity contribution >= 4 is 34.3 Å². The summed E-state index contributed by atoms with van der Waals surface area (Å²) in [5.41, 5.74) is 1.26. The van der Waals surface area contributed by atoms with Crippen LogP contribution in [0.4, 0.5) is 5.69 Å². The Morgan fingerprint density at radius 2 is 1.72 bits per heavy atom. The first kappa shape index (κ1) is 21.8. The van der Waals surface area contributed by atoms with Gasteiger partial charge in [0.2, 0.25) is 5.91 Å². The molecular formula is C25H24N4O2S. The lowest BCUT2D eigenvalue weighted by molar-refractivity contribution is -0.117. The summed E-state index contributed by atoms with van der Waals surface area (Å²) in [7, 11) is 0. The van der Waals surface area contributed by atoms with Gasteiger partial charge in [-0.3, -0.25) is 14.5 Å². The van der Waals surface area contributed by atoms with E-state index in [0.29, 0.717) is 29.8 Å². The summed E-state index contributed by atoms with van der Waals surface area (Å²) in [5, 5.41) is 3.59. The number of H-pyrrole nitrogens is 1. The van der Waals surface area contributed by atoms with E-state index in [1.54, 1.807) is 17.8 Å². The number of nitrogens with one attached hydrogen (secondary N) is 2. The van der Waals surface area contributed by atoms with E-state index in [4.69, 9.17) is 0 Å². The summed E-state index contributed by atoms with van der Waals surface area (Å²) in [6.07, 6.45) is 0. The average molecular weight is 445 g/mol. The fourth-order valence-electron chi connectivity index (χ4n) is 3.37. The van der Waals surface area contributed by atoms with Gasteiger partial charge in [-0.25, -0.2) is 4.98 Å². The summed E-state index contributed by atoms with van der Waals surface area (Å²) in [6.45, 7) is 3.19. The first-order valence-electron chi connectivity index (χ1n) is 10.4. The van der Waals surface area contributed by atoms with Crippen molar-refractivity contribution in [3.8, 4) is 0 Å². The van der Waals surface area contributed by atoms with Gasteiger partial charge in [0.25, 0.3) is 5.56 Å². The zero-order valence-corrected chi connectivity index (χ0v) is 18.6. The van der Waals surface area contributed by atoms with Crippen LogP contribution in [0, 0.1) is 0 Å². The van der Waals surface area contributed by atoms with E-state index >= 15 is 0 Å². The van der Waals surface area contributed by atoms with Crippen molar-refractivity contribution in [3.63, 3.8) is 0 Å². The van der Waals surface area contributed by atoms with Gasteiger partial charge in [0.05, 0.1) is 29.7 Å². The summed E-state index contributed by atoms with van der Waals surface area (Å²) in [6, 6.07) is 25.1. The Balaban J connectivity index is 1.44. The van der Waals surface area contributed by atoms with Crippen LogP contribution in [0.2, 0.25) is 0 Å². The lowest BCUT2D eigenvalue weighted by atomic mass is 10.2. The smallest absolute Gasteiger partial charge is 0.258 e. The van der Waals surface area contributed by atoms with E-state index in [0.717, 1.165) is 15.5 Å². The molecule has 4 rings (SSSR count). The molecule has 162 valence electrons. The molecule has 32 heavy (non-hydrogen) atoms. The molecule has 0 atom stereocenters. The lowest BCUT2D eigenvalue weighted by Crippen LogP contribution is -2.34. The highest BCUT2D eigenvalue weighted by Crippen LogP contribution is 2.33. The van der Waals surface area contributed by atoms with E-state index in [-0.39, 0.29) is 18.0 Å². The molecule has 0 saturated carbocycles. The molecule has 0 spiro atoms. The standard InChI is InChI=1S/C25H24N4O2S/c1-2-29(16-23-26-20-13-7-6-12-19(20)25(31)28-23)17-24(30)27-21-14-8-9-15-22(21)32-18-10-4-3-5-11-18/h3-15H,2,16-17H2,1H3,(H,27,30)(H,26,28,31). The number of benzene rings is 3. The number of amides is 1. The number of hydrogen-bond acceptors (Lipinski definition) is 5. The number of aromatic amines is 1. The molecular weight excluding hydrogens is 420 g/mol. The Hall–Kier alpha value is -3.42. The van der Waals surface area contributed by atoms with E-state index in [1.165, 1.54) is 0 Å². The van der Waals surface area contributed by atoms with Crippen LogP contribution in [0.1, 0.15) is 12.7 Å². The molecule has 3 aromatic carbocycles. The van der Waals surface area contributed by atoms with Gasteiger partial charge in [-0.15, -0.1) is 0 Å². The van der Waals surface area contributed by atoms with Gasteiger partial charge < -0.3 is 10.3 Å². The van der Waals surface area contributed by atoms with Crippen LogP contribution in [-0.4, -0.2) is 33.9 Å². The van der Waals surface area contributed by atoms with Crippen molar-refractivity contribution in [1.29, 1.82) is 0 Å². The van der Waals surface area contributed by atoms with Crippen molar-refractivity contribution in [3.05, 3.63) is 95.0 Å². The second-order valence-electron chi connectivity index (χ2n) is 7.29. The number of carbonyl (C=O) groups is 1. The van der Waals surface area contributed by atoms with Gasteiger partial charge >= 0.3 is 0 Å². The molecule has 1 amide bonds. The number of carbonyl (C=O) groups excluding carboxylic acids is 1. The highest BCUT2D eigenvalue weighted by Gasteiger charge is 2.14. The monoisotopic (exact) mass is 444 g/mol. The maximum Gasteiger partial charge on any atom is 0.258 e. The first-order valence-corrected chi connectivity index (χ1v) is 11.3. The van der Waals surface area contributed by atoms with Crippen LogP contribution in [-0.2, 0) is 11.3 Å². The van der Waals surface area contributed by atoms with Gasteiger partial charge in [-0.2, -0.15) is 0 Å². The molecule has 0 bridgehead atoms. The normalized spacial score (nSPS) is 11.1. The van der Waals surface area contributed by atoms with Crippen molar-refractivity contribution < 1.29 is 4.79 Å². The quantitative estimate of drug-likeness (QED) is 0.417. The molecule has 0 aliphatic carbocycles. The Morgan fingerprint density at radius 1 is 1.00 bits per heavy atom. The van der Waals surface area contributed by atoms with Crippen molar-refractivity contribution in [2.24, 2.45) is 0 Å². The number of aromatic nitrogens is 2. The highest BCUT2D eigenvalue weighted by molar-refractivity contribution is 7.99. The zero-order valence-electron chi connectivity index (χ0n) is 17.7. The Labute approximate surface area is 190 Å². The lowest BCUT2D eigenvalue weighted by Gasteiger charge is -2.20. The predicted molar refractivity (Wildman–Crippen MR) is 129 cm³/mol. The summed E-state index contributed by atoms with van der Waals surface area (Å²) in [4.78, 5) is 36.5. The van der Waals surface area contributed by atoms with Crippen molar-refractivity contribution in [2.75, 3.05) is 18.4 Å². The van der Waals surface area contributed by atoms with Crippen LogP contribution in [0.3, 0.4) is 0 Å². The molecule has 7 heteroatoms. The van der Waals surface area contributed by atoms with E-state index in [1.807, 2.05) is 84.6 Å². The number of nitrogens with zero attached hydrogens (tertiary/aromatic N) is 2. The van der Waals surface area contributed by atoms with E-state index < -0.39 is 0 Å². The minimum atomic E-state index is -0.169. The molecule has 0 fully saturated rings. The molecule has 0 unspecified atom stereocenters. The summed E-state index contributed by atoms with van der Waals surface area (Å²) >= 11 is 1.61. The average Bonchev–Trinajstić information content (AvgIpc) is 2.80. The molecule has 0 aliphatic heterocycles. The number of rotatable bonds is 8. The van der Waals surface area contributed by atoms with Crippen LogP contribution in [0.15, 0.2) is 93.4 Å². The Kier molecular flexibility index (Phi) is 6.99. The van der Waals surface area contributed by atoms with Gasteiger partial charge in [-0.1, -0.05) is 61.2 Å². The van der Waals surface area contributed by atoms with Crippen LogP contribution >= 0.6 is 11.8 Å². The number of hydrogen-bond donors (Lipinski definition) is 2. The maximum absolute atomic E-state index is 12.8. The number of likely N-dealkylation sites (N-methyl/N-ethyl adjacent to an activating group) is 1. The molecule has 6 nitrogen and oxygen atoms in total. The maximum atomic E-state index is 12.8. The third-order valence-corrected chi connectivity index (χ3v) is 6.07. The van der Waals surface area contributed by atoms with E-state index in [2.05, 4.69) is 15.3 Å². The number of anilines is 1. The van der Waals surface area contributed by atoms with Gasteiger partial charge in [0.1, 0.15) is 5.82 Å². The number of para-hydroxylation sites is 2. The van der Waals surface area contributed by atoms with Crippen LogP contribution < -0.4 is 10.9 Å². The second kappa shape index (κ2) is 10.3. The van der Waals surface area contributed by atoms with Gasteiger partial charge in [0.15, 0.2) is 0 Å². The van der Waals surface area contributed by atoms with Crippen molar-refractivity contribution in [1.82, 2.24) is 14.9 Å².